The average Bonchev–Trinajstić information content (AvgIpc) is 2.92. The van der Waals surface area contributed by atoms with Gasteiger partial charge in [-0.05, 0) is 13.0 Å². The van der Waals surface area contributed by atoms with Gasteiger partial charge in [-0.2, -0.15) is 0 Å². The van der Waals surface area contributed by atoms with Crippen LogP contribution in [0.2, 0.25) is 5.02 Å². The van der Waals surface area contributed by atoms with Gasteiger partial charge in [0.1, 0.15) is 10.7 Å². The number of nitrogens with one attached hydrogen (secondary N) is 2. The minimum Gasteiger partial charge on any atom is -0.369 e. The molecule has 6 nitrogen and oxygen atoms in total. The third-order valence-corrected chi connectivity index (χ3v) is 4.83. The van der Waals surface area contributed by atoms with Crippen LogP contribution in [0.1, 0.15) is 11.8 Å². The predicted octanol–water partition coefficient (Wildman–Crippen LogP) is 2.10. The van der Waals surface area contributed by atoms with Crippen molar-refractivity contribution in [1.82, 2.24) is 14.7 Å². The number of thiazole rings is 1. The molecule has 0 aliphatic rings. The summed E-state index contributed by atoms with van der Waals surface area (Å²) in [4.78, 5) is 8.76. The maximum atomic E-state index is 12.1. The largest absolute Gasteiger partial charge is 0.369 e. The van der Waals surface area contributed by atoms with Crippen molar-refractivity contribution in [2.45, 2.75) is 18.4 Å². The first-order valence-electron chi connectivity index (χ1n) is 5.79. The summed E-state index contributed by atoms with van der Waals surface area (Å²) in [6.45, 7) is 2.75. The van der Waals surface area contributed by atoms with Crippen LogP contribution in [0.5, 0.6) is 0 Å². The van der Waals surface area contributed by atoms with Gasteiger partial charge in [-0.25, -0.2) is 18.1 Å². The lowest BCUT2D eigenvalue weighted by Gasteiger charge is -2.08. The Morgan fingerprint density at radius 2 is 2.20 bits per heavy atom. The van der Waals surface area contributed by atoms with E-state index in [-0.39, 0.29) is 16.5 Å². The number of sulfonamides is 1. The molecule has 2 N–H and O–H groups in total. The Balaban J connectivity index is 2.14. The number of hydrogen-bond acceptors (Lipinski definition) is 6. The normalized spacial score (nSPS) is 11.5. The monoisotopic (exact) mass is 332 g/mol. The van der Waals surface area contributed by atoms with E-state index in [0.29, 0.717) is 12.4 Å². The Morgan fingerprint density at radius 1 is 1.40 bits per heavy atom. The molecule has 0 saturated carbocycles. The number of pyridine rings is 1. The highest BCUT2D eigenvalue weighted by atomic mass is 35.5. The molecule has 2 rings (SSSR count). The van der Waals surface area contributed by atoms with Crippen LogP contribution in [0.25, 0.3) is 0 Å². The average molecular weight is 333 g/mol. The molecule has 20 heavy (non-hydrogen) atoms. The van der Waals surface area contributed by atoms with Crippen molar-refractivity contribution in [3.05, 3.63) is 33.9 Å². The van der Waals surface area contributed by atoms with Gasteiger partial charge in [0.25, 0.3) is 0 Å². The van der Waals surface area contributed by atoms with Crippen molar-refractivity contribution in [2.24, 2.45) is 0 Å². The van der Waals surface area contributed by atoms with Crippen LogP contribution in [0.15, 0.2) is 28.9 Å². The second kappa shape index (κ2) is 6.49. The van der Waals surface area contributed by atoms with E-state index < -0.39 is 10.0 Å². The SMILES string of the molecule is CCNc1ncc(S(=O)(=O)NCc2cncs2)cc1Cl. The van der Waals surface area contributed by atoms with E-state index in [1.54, 1.807) is 11.7 Å². The maximum Gasteiger partial charge on any atom is 0.242 e. The number of nitrogens with zero attached hydrogens (tertiary/aromatic N) is 2. The smallest absolute Gasteiger partial charge is 0.242 e. The van der Waals surface area contributed by atoms with Crippen molar-refractivity contribution >= 4 is 38.8 Å². The number of rotatable bonds is 6. The molecule has 108 valence electrons. The van der Waals surface area contributed by atoms with Gasteiger partial charge in [-0.1, -0.05) is 11.6 Å². The van der Waals surface area contributed by atoms with Gasteiger partial charge in [0, 0.05) is 30.4 Å². The van der Waals surface area contributed by atoms with Crippen LogP contribution in [-0.4, -0.2) is 24.9 Å². The first-order valence-corrected chi connectivity index (χ1v) is 8.53. The van der Waals surface area contributed by atoms with Crippen molar-refractivity contribution in [3.63, 3.8) is 0 Å². The molecule has 0 atom stereocenters. The van der Waals surface area contributed by atoms with E-state index >= 15 is 0 Å². The molecule has 0 aromatic carbocycles. The predicted molar refractivity (Wildman–Crippen MR) is 79.6 cm³/mol. The Morgan fingerprint density at radius 3 is 2.80 bits per heavy atom. The van der Waals surface area contributed by atoms with Crippen molar-refractivity contribution < 1.29 is 8.42 Å². The van der Waals surface area contributed by atoms with Gasteiger partial charge >= 0.3 is 0 Å². The van der Waals surface area contributed by atoms with Gasteiger partial charge in [-0.15, -0.1) is 11.3 Å². The summed E-state index contributed by atoms with van der Waals surface area (Å²) in [6.07, 6.45) is 2.89. The van der Waals surface area contributed by atoms with E-state index in [9.17, 15) is 8.42 Å². The standard InChI is InChI=1S/C11H13ClN4O2S2/c1-2-14-11-10(12)3-9(6-15-11)20(17,18)16-5-8-4-13-7-19-8/h3-4,6-7,16H,2,5H2,1H3,(H,14,15). The molecule has 0 aliphatic heterocycles. The molecule has 9 heteroatoms. The Hall–Kier alpha value is -1.22. The zero-order valence-corrected chi connectivity index (χ0v) is 13.0. The summed E-state index contributed by atoms with van der Waals surface area (Å²) >= 11 is 7.37. The number of anilines is 1. The number of halogens is 1. The molecule has 0 spiro atoms. The van der Waals surface area contributed by atoms with Gasteiger partial charge in [0.2, 0.25) is 10.0 Å². The highest BCUT2D eigenvalue weighted by Gasteiger charge is 2.16. The summed E-state index contributed by atoms with van der Waals surface area (Å²) in [5, 5.41) is 3.21. The van der Waals surface area contributed by atoms with Gasteiger partial charge < -0.3 is 5.32 Å². The molecule has 0 amide bonds. The number of aromatic nitrogens is 2. The zero-order chi connectivity index (χ0) is 14.6. The third kappa shape index (κ3) is 3.66. The lowest BCUT2D eigenvalue weighted by atomic mass is 10.4. The molecule has 2 aromatic heterocycles. The minimum absolute atomic E-state index is 0.0358. The summed E-state index contributed by atoms with van der Waals surface area (Å²) in [6, 6.07) is 1.38. The molecular weight excluding hydrogens is 320 g/mol. The van der Waals surface area contributed by atoms with Gasteiger partial charge in [0.15, 0.2) is 0 Å². The molecule has 0 aliphatic carbocycles. The lowest BCUT2D eigenvalue weighted by Crippen LogP contribution is -2.23. The first kappa shape index (κ1) is 15.2. The fraction of sp³-hybridized carbons (Fsp3) is 0.273. The molecule has 0 radical (unpaired) electrons. The second-order valence-electron chi connectivity index (χ2n) is 3.82. The van der Waals surface area contributed by atoms with Crippen LogP contribution >= 0.6 is 22.9 Å². The van der Waals surface area contributed by atoms with E-state index in [1.807, 2.05) is 6.92 Å². The van der Waals surface area contributed by atoms with Crippen LogP contribution in [-0.2, 0) is 16.6 Å². The van der Waals surface area contributed by atoms with E-state index in [1.165, 1.54) is 23.6 Å². The minimum atomic E-state index is -3.64. The van der Waals surface area contributed by atoms with Crippen molar-refractivity contribution in [1.29, 1.82) is 0 Å². The van der Waals surface area contributed by atoms with Gasteiger partial charge in [0.05, 0.1) is 10.5 Å². The molecule has 2 aromatic rings. The lowest BCUT2D eigenvalue weighted by molar-refractivity contribution is 0.581. The highest BCUT2D eigenvalue weighted by Crippen LogP contribution is 2.22. The highest BCUT2D eigenvalue weighted by molar-refractivity contribution is 7.89. The van der Waals surface area contributed by atoms with E-state index in [4.69, 9.17) is 11.6 Å². The molecule has 2 heterocycles. The summed E-state index contributed by atoms with van der Waals surface area (Å²) in [7, 11) is -3.64. The molecule has 0 bridgehead atoms. The quantitative estimate of drug-likeness (QED) is 0.846. The van der Waals surface area contributed by atoms with Crippen LogP contribution in [0.3, 0.4) is 0 Å². The Kier molecular flexibility index (Phi) is 4.92. The third-order valence-electron chi connectivity index (χ3n) is 2.39. The summed E-state index contributed by atoms with van der Waals surface area (Å²) < 4.78 is 26.7. The Labute approximate surface area is 126 Å². The summed E-state index contributed by atoms with van der Waals surface area (Å²) in [5.41, 5.74) is 1.65. The number of hydrogen-bond donors (Lipinski definition) is 2. The van der Waals surface area contributed by atoms with Crippen LogP contribution in [0, 0.1) is 0 Å². The van der Waals surface area contributed by atoms with Crippen LogP contribution in [0.4, 0.5) is 5.82 Å². The van der Waals surface area contributed by atoms with Crippen molar-refractivity contribution in [3.8, 4) is 0 Å². The fourth-order valence-electron chi connectivity index (χ4n) is 1.44. The molecule has 0 unspecified atom stereocenters. The molecule has 0 fully saturated rings. The van der Waals surface area contributed by atoms with E-state index in [2.05, 4.69) is 20.0 Å². The molecule has 0 saturated heterocycles. The maximum absolute atomic E-state index is 12.1. The molecular formula is C11H13ClN4O2S2. The van der Waals surface area contributed by atoms with Crippen molar-refractivity contribution in [2.75, 3.05) is 11.9 Å². The zero-order valence-electron chi connectivity index (χ0n) is 10.6. The fourth-order valence-corrected chi connectivity index (χ4v) is 3.34. The van der Waals surface area contributed by atoms with E-state index in [0.717, 1.165) is 4.88 Å². The van der Waals surface area contributed by atoms with Gasteiger partial charge in [-0.3, -0.25) is 4.98 Å². The van der Waals surface area contributed by atoms with Crippen LogP contribution < -0.4 is 10.0 Å². The topological polar surface area (TPSA) is 84.0 Å². The Bertz CT molecular complexity index is 674. The summed E-state index contributed by atoms with van der Waals surface area (Å²) in [5.74, 6) is 0.468. The second-order valence-corrected chi connectivity index (χ2v) is 6.97. The first-order chi connectivity index (χ1) is 9.53.